The molecule has 1 fully saturated rings. The monoisotopic (exact) mass is 247 g/mol. The molecule has 0 aliphatic heterocycles. The Kier molecular flexibility index (Phi) is 4.31. The number of nitrogens with one attached hydrogen (secondary N) is 1. The number of pyridine rings is 1. The van der Waals surface area contributed by atoms with E-state index >= 15 is 0 Å². The van der Waals surface area contributed by atoms with E-state index in [4.69, 9.17) is 5.73 Å². The van der Waals surface area contributed by atoms with E-state index in [0.717, 1.165) is 18.4 Å². The highest BCUT2D eigenvalue weighted by Gasteiger charge is 2.22. The van der Waals surface area contributed by atoms with Gasteiger partial charge in [0.2, 0.25) is 0 Å². The summed E-state index contributed by atoms with van der Waals surface area (Å²) in [5.74, 6) is 0.317. The van der Waals surface area contributed by atoms with Crippen LogP contribution in [0.15, 0.2) is 18.3 Å². The van der Waals surface area contributed by atoms with Gasteiger partial charge in [-0.25, -0.2) is 0 Å². The van der Waals surface area contributed by atoms with E-state index in [0.29, 0.717) is 18.2 Å². The average molecular weight is 247 g/mol. The molecule has 2 rings (SSSR count). The molecule has 4 heteroatoms. The first-order valence-corrected chi connectivity index (χ1v) is 6.64. The van der Waals surface area contributed by atoms with Crippen LogP contribution in [0.3, 0.4) is 0 Å². The second-order valence-corrected chi connectivity index (χ2v) is 5.09. The number of rotatable bonds is 3. The summed E-state index contributed by atoms with van der Waals surface area (Å²) in [6.07, 6.45) is 6.27. The number of nitrogens with zero attached hydrogens (tertiary/aromatic N) is 1. The molecular weight excluding hydrogens is 226 g/mol. The topological polar surface area (TPSA) is 68.0 Å². The van der Waals surface area contributed by atoms with Crippen molar-refractivity contribution in [3.05, 3.63) is 29.6 Å². The van der Waals surface area contributed by atoms with Crippen LogP contribution in [0, 0.1) is 12.8 Å². The molecule has 2 unspecified atom stereocenters. The Morgan fingerprint density at radius 2 is 2.28 bits per heavy atom. The lowest BCUT2D eigenvalue weighted by atomic mass is 9.85. The van der Waals surface area contributed by atoms with Crippen LogP contribution in [0.25, 0.3) is 0 Å². The molecule has 0 radical (unpaired) electrons. The van der Waals surface area contributed by atoms with E-state index in [2.05, 4.69) is 10.3 Å². The van der Waals surface area contributed by atoms with Crippen molar-refractivity contribution in [3.63, 3.8) is 0 Å². The lowest BCUT2D eigenvalue weighted by Gasteiger charge is -2.28. The number of nitrogens with two attached hydrogens (primary N) is 1. The summed E-state index contributed by atoms with van der Waals surface area (Å²) in [6.45, 7) is 2.56. The van der Waals surface area contributed by atoms with Crippen molar-refractivity contribution in [2.45, 2.75) is 38.6 Å². The molecule has 1 amide bonds. The molecule has 1 aliphatic carbocycles. The fraction of sp³-hybridized carbons (Fsp3) is 0.571. The molecule has 1 heterocycles. The minimum atomic E-state index is -0.0918. The standard InChI is InChI=1S/C14H21N3O/c1-10-5-4-8-16-13(10)14(18)17-9-11-6-2-3-7-12(11)15/h4-5,8,11-12H,2-3,6-7,9,15H2,1H3,(H,17,18). The molecule has 0 saturated heterocycles. The van der Waals surface area contributed by atoms with Crippen molar-refractivity contribution < 1.29 is 4.79 Å². The Labute approximate surface area is 108 Å². The van der Waals surface area contributed by atoms with Gasteiger partial charge in [0, 0.05) is 18.8 Å². The van der Waals surface area contributed by atoms with E-state index in [1.165, 1.54) is 12.8 Å². The first-order valence-electron chi connectivity index (χ1n) is 6.64. The number of carbonyl (C=O) groups excluding carboxylic acids is 1. The predicted molar refractivity (Wildman–Crippen MR) is 71.2 cm³/mol. The molecule has 1 aromatic heterocycles. The first-order chi connectivity index (χ1) is 8.68. The molecule has 4 nitrogen and oxygen atoms in total. The van der Waals surface area contributed by atoms with E-state index in [1.54, 1.807) is 6.20 Å². The van der Waals surface area contributed by atoms with Gasteiger partial charge in [0.1, 0.15) is 5.69 Å². The fourth-order valence-electron chi connectivity index (χ4n) is 2.52. The summed E-state index contributed by atoms with van der Waals surface area (Å²) < 4.78 is 0. The molecule has 0 spiro atoms. The van der Waals surface area contributed by atoms with Gasteiger partial charge in [0.25, 0.3) is 5.91 Å². The maximum atomic E-state index is 12.0. The van der Waals surface area contributed by atoms with Gasteiger partial charge in [-0.1, -0.05) is 18.9 Å². The van der Waals surface area contributed by atoms with Crippen LogP contribution in [-0.4, -0.2) is 23.5 Å². The molecule has 2 atom stereocenters. The van der Waals surface area contributed by atoms with Crippen LogP contribution in [-0.2, 0) is 0 Å². The van der Waals surface area contributed by atoms with Crippen LogP contribution in [0.4, 0.5) is 0 Å². The maximum Gasteiger partial charge on any atom is 0.270 e. The molecule has 18 heavy (non-hydrogen) atoms. The van der Waals surface area contributed by atoms with Gasteiger partial charge >= 0.3 is 0 Å². The maximum absolute atomic E-state index is 12.0. The van der Waals surface area contributed by atoms with E-state index in [9.17, 15) is 4.79 Å². The summed E-state index contributed by atoms with van der Waals surface area (Å²) in [7, 11) is 0. The Balaban J connectivity index is 1.90. The van der Waals surface area contributed by atoms with Crippen molar-refractivity contribution >= 4 is 5.91 Å². The quantitative estimate of drug-likeness (QED) is 0.853. The lowest BCUT2D eigenvalue weighted by Crippen LogP contribution is -2.41. The summed E-state index contributed by atoms with van der Waals surface area (Å²) in [5, 5.41) is 2.96. The highest BCUT2D eigenvalue weighted by atomic mass is 16.1. The third-order valence-electron chi connectivity index (χ3n) is 3.72. The van der Waals surface area contributed by atoms with Crippen molar-refractivity contribution in [2.75, 3.05) is 6.54 Å². The van der Waals surface area contributed by atoms with Crippen LogP contribution >= 0.6 is 0 Å². The third-order valence-corrected chi connectivity index (χ3v) is 3.72. The second kappa shape index (κ2) is 5.96. The Bertz CT molecular complexity index is 419. The Morgan fingerprint density at radius 1 is 1.50 bits per heavy atom. The van der Waals surface area contributed by atoms with Gasteiger partial charge in [0.15, 0.2) is 0 Å². The predicted octanol–water partition coefficient (Wildman–Crippen LogP) is 1.64. The SMILES string of the molecule is Cc1cccnc1C(=O)NCC1CCCCC1N. The van der Waals surface area contributed by atoms with Crippen molar-refractivity contribution in [3.8, 4) is 0 Å². The molecule has 0 bridgehead atoms. The highest BCUT2D eigenvalue weighted by molar-refractivity contribution is 5.93. The first kappa shape index (κ1) is 13.0. The Hall–Kier alpha value is -1.42. The van der Waals surface area contributed by atoms with Crippen LogP contribution < -0.4 is 11.1 Å². The Morgan fingerprint density at radius 3 is 3.00 bits per heavy atom. The number of carbonyl (C=O) groups is 1. The third kappa shape index (κ3) is 3.07. The molecule has 1 saturated carbocycles. The van der Waals surface area contributed by atoms with E-state index < -0.39 is 0 Å². The molecule has 3 N–H and O–H groups in total. The summed E-state index contributed by atoms with van der Waals surface area (Å²) in [6, 6.07) is 3.96. The zero-order valence-electron chi connectivity index (χ0n) is 10.9. The molecule has 1 aromatic rings. The van der Waals surface area contributed by atoms with Gasteiger partial charge in [0.05, 0.1) is 0 Å². The zero-order valence-corrected chi connectivity index (χ0v) is 10.9. The number of hydrogen-bond donors (Lipinski definition) is 2. The molecule has 98 valence electrons. The largest absolute Gasteiger partial charge is 0.350 e. The normalized spacial score (nSPS) is 23.7. The number of hydrogen-bond acceptors (Lipinski definition) is 3. The summed E-state index contributed by atoms with van der Waals surface area (Å²) in [4.78, 5) is 16.1. The smallest absolute Gasteiger partial charge is 0.270 e. The van der Waals surface area contributed by atoms with Gasteiger partial charge in [-0.05, 0) is 37.3 Å². The fourth-order valence-corrected chi connectivity index (χ4v) is 2.52. The molecular formula is C14H21N3O. The second-order valence-electron chi connectivity index (χ2n) is 5.09. The van der Waals surface area contributed by atoms with E-state index in [-0.39, 0.29) is 11.9 Å². The van der Waals surface area contributed by atoms with Crippen molar-refractivity contribution in [2.24, 2.45) is 11.7 Å². The van der Waals surface area contributed by atoms with Gasteiger partial charge in [-0.15, -0.1) is 0 Å². The lowest BCUT2D eigenvalue weighted by molar-refractivity contribution is 0.0935. The number of aromatic nitrogens is 1. The van der Waals surface area contributed by atoms with Gasteiger partial charge in [-0.2, -0.15) is 0 Å². The summed E-state index contributed by atoms with van der Waals surface area (Å²) >= 11 is 0. The van der Waals surface area contributed by atoms with Crippen molar-refractivity contribution in [1.29, 1.82) is 0 Å². The zero-order chi connectivity index (χ0) is 13.0. The highest BCUT2D eigenvalue weighted by Crippen LogP contribution is 2.22. The van der Waals surface area contributed by atoms with Crippen LogP contribution in [0.1, 0.15) is 41.7 Å². The molecule has 0 aromatic carbocycles. The number of amides is 1. The summed E-state index contributed by atoms with van der Waals surface area (Å²) in [5.41, 5.74) is 7.49. The van der Waals surface area contributed by atoms with Crippen LogP contribution in [0.5, 0.6) is 0 Å². The van der Waals surface area contributed by atoms with E-state index in [1.807, 2.05) is 19.1 Å². The number of aryl methyl sites for hydroxylation is 1. The van der Waals surface area contributed by atoms with Crippen molar-refractivity contribution in [1.82, 2.24) is 10.3 Å². The molecule has 1 aliphatic rings. The van der Waals surface area contributed by atoms with Gasteiger partial charge in [-0.3, -0.25) is 9.78 Å². The van der Waals surface area contributed by atoms with Crippen LogP contribution in [0.2, 0.25) is 0 Å². The minimum absolute atomic E-state index is 0.0918. The average Bonchev–Trinajstić information content (AvgIpc) is 2.38. The van der Waals surface area contributed by atoms with Gasteiger partial charge < -0.3 is 11.1 Å². The minimum Gasteiger partial charge on any atom is -0.350 e.